The molecule has 16 heavy (non-hydrogen) atoms. The van der Waals surface area contributed by atoms with E-state index in [1.165, 1.54) is 12.0 Å². The molecule has 3 nitrogen and oxygen atoms in total. The van der Waals surface area contributed by atoms with Crippen molar-refractivity contribution in [2.45, 2.75) is 45.6 Å². The van der Waals surface area contributed by atoms with Gasteiger partial charge in [0.25, 0.3) is 5.92 Å². The van der Waals surface area contributed by atoms with Crippen LogP contribution in [0.3, 0.4) is 0 Å². The summed E-state index contributed by atoms with van der Waals surface area (Å²) in [6.45, 7) is 5.52. The topological polar surface area (TPSA) is 29.5 Å². The van der Waals surface area contributed by atoms with Crippen LogP contribution in [0.1, 0.15) is 33.6 Å². The first kappa shape index (κ1) is 15.3. The van der Waals surface area contributed by atoms with E-state index in [9.17, 15) is 13.6 Å². The number of hydrogen-bond donors (Lipinski definition) is 0. The van der Waals surface area contributed by atoms with Crippen molar-refractivity contribution in [1.29, 1.82) is 0 Å². The highest BCUT2D eigenvalue weighted by molar-refractivity contribution is 5.76. The van der Waals surface area contributed by atoms with Crippen LogP contribution < -0.4 is 0 Å². The van der Waals surface area contributed by atoms with Gasteiger partial charge in [0.05, 0.1) is 6.54 Å². The Hall–Kier alpha value is -0.710. The standard InChI is InChI=1S/C9H15F2NO2.C2H6/c1-3-8(13)12-5-4-7(14-2)9(10,11)6-12;1-2/h7H,3-6H2,1-2H3;1-2H3/t7-;/m0./s1. The second kappa shape index (κ2) is 6.78. The third-order valence-corrected chi connectivity index (χ3v) is 2.47. The first-order valence-corrected chi connectivity index (χ1v) is 5.69. The lowest BCUT2D eigenvalue weighted by atomic mass is 10.0. The molecule has 1 heterocycles. The van der Waals surface area contributed by atoms with Crippen LogP contribution in [0.25, 0.3) is 0 Å². The summed E-state index contributed by atoms with van der Waals surface area (Å²) in [4.78, 5) is 12.4. The van der Waals surface area contributed by atoms with Crippen LogP contribution >= 0.6 is 0 Å². The predicted molar refractivity (Wildman–Crippen MR) is 58.6 cm³/mol. The summed E-state index contributed by atoms with van der Waals surface area (Å²) < 4.78 is 31.3. The quantitative estimate of drug-likeness (QED) is 0.737. The van der Waals surface area contributed by atoms with Crippen LogP contribution in [0, 0.1) is 0 Å². The number of likely N-dealkylation sites (tertiary alicyclic amines) is 1. The van der Waals surface area contributed by atoms with E-state index in [2.05, 4.69) is 4.74 Å². The molecular weight excluding hydrogens is 216 g/mol. The number of ether oxygens (including phenoxy) is 1. The van der Waals surface area contributed by atoms with Crippen molar-refractivity contribution in [2.24, 2.45) is 0 Å². The fourth-order valence-corrected chi connectivity index (χ4v) is 1.65. The summed E-state index contributed by atoms with van der Waals surface area (Å²) in [6, 6.07) is 0. The largest absolute Gasteiger partial charge is 0.375 e. The van der Waals surface area contributed by atoms with Crippen LogP contribution in [0.15, 0.2) is 0 Å². The lowest BCUT2D eigenvalue weighted by molar-refractivity contribution is -0.172. The van der Waals surface area contributed by atoms with E-state index in [0.29, 0.717) is 6.54 Å². The van der Waals surface area contributed by atoms with E-state index < -0.39 is 18.6 Å². The van der Waals surface area contributed by atoms with Crippen molar-refractivity contribution in [3.8, 4) is 0 Å². The highest BCUT2D eigenvalue weighted by Gasteiger charge is 2.45. The van der Waals surface area contributed by atoms with Gasteiger partial charge < -0.3 is 9.64 Å². The van der Waals surface area contributed by atoms with Crippen molar-refractivity contribution in [2.75, 3.05) is 20.2 Å². The number of carbonyl (C=O) groups excluding carboxylic acids is 1. The fraction of sp³-hybridized carbons (Fsp3) is 0.909. The molecular formula is C11H21F2NO2. The first-order valence-electron chi connectivity index (χ1n) is 5.69. The summed E-state index contributed by atoms with van der Waals surface area (Å²) in [6.07, 6.45) is -0.577. The number of halogens is 2. The third-order valence-electron chi connectivity index (χ3n) is 2.47. The molecule has 0 saturated carbocycles. The molecule has 1 aliphatic heterocycles. The number of nitrogens with zero attached hydrogens (tertiary/aromatic N) is 1. The smallest absolute Gasteiger partial charge is 0.290 e. The molecule has 0 radical (unpaired) electrons. The zero-order chi connectivity index (χ0) is 12.8. The van der Waals surface area contributed by atoms with Gasteiger partial charge in [0, 0.05) is 20.1 Å². The Morgan fingerprint density at radius 1 is 1.50 bits per heavy atom. The summed E-state index contributed by atoms with van der Waals surface area (Å²) in [5.74, 6) is -3.14. The molecule has 0 aromatic heterocycles. The summed E-state index contributed by atoms with van der Waals surface area (Å²) >= 11 is 0. The van der Waals surface area contributed by atoms with E-state index in [0.717, 1.165) is 0 Å². The minimum absolute atomic E-state index is 0.204. The average Bonchev–Trinajstić information content (AvgIpc) is 2.29. The third kappa shape index (κ3) is 3.70. The number of alkyl halides is 2. The minimum Gasteiger partial charge on any atom is -0.375 e. The van der Waals surface area contributed by atoms with Crippen molar-refractivity contribution in [3.63, 3.8) is 0 Å². The number of hydrogen-bond acceptors (Lipinski definition) is 2. The van der Waals surface area contributed by atoms with Gasteiger partial charge in [0.15, 0.2) is 0 Å². The molecule has 0 aromatic rings. The van der Waals surface area contributed by atoms with Crippen molar-refractivity contribution < 1.29 is 18.3 Å². The van der Waals surface area contributed by atoms with Crippen LogP contribution in [-0.4, -0.2) is 43.0 Å². The highest BCUT2D eigenvalue weighted by atomic mass is 19.3. The number of piperidine rings is 1. The van der Waals surface area contributed by atoms with Gasteiger partial charge in [0.2, 0.25) is 5.91 Å². The fourth-order valence-electron chi connectivity index (χ4n) is 1.65. The number of methoxy groups -OCH3 is 1. The van der Waals surface area contributed by atoms with Crippen LogP contribution in [0.2, 0.25) is 0 Å². The van der Waals surface area contributed by atoms with Crippen LogP contribution in [-0.2, 0) is 9.53 Å². The van der Waals surface area contributed by atoms with Gasteiger partial charge in [-0.3, -0.25) is 4.79 Å². The Kier molecular flexibility index (Phi) is 6.48. The Labute approximate surface area is 95.8 Å². The molecule has 5 heteroatoms. The predicted octanol–water partition coefficient (Wildman–Crippen LogP) is 2.31. The molecule has 1 amide bonds. The maximum absolute atomic E-state index is 13.3. The van der Waals surface area contributed by atoms with Gasteiger partial charge in [0.1, 0.15) is 6.10 Å². The number of rotatable bonds is 2. The monoisotopic (exact) mass is 237 g/mol. The zero-order valence-corrected chi connectivity index (χ0v) is 10.4. The molecule has 0 aliphatic carbocycles. The van der Waals surface area contributed by atoms with E-state index in [4.69, 9.17) is 0 Å². The Bertz CT molecular complexity index is 222. The van der Waals surface area contributed by atoms with E-state index in [1.54, 1.807) is 6.92 Å². The minimum atomic E-state index is -2.92. The molecule has 1 rings (SSSR count). The molecule has 0 N–H and O–H groups in total. The maximum Gasteiger partial charge on any atom is 0.290 e. The first-order chi connectivity index (χ1) is 7.51. The molecule has 0 spiro atoms. The molecule has 0 bridgehead atoms. The number of amides is 1. The van der Waals surface area contributed by atoms with Gasteiger partial charge in [-0.25, -0.2) is 8.78 Å². The molecule has 0 aromatic carbocycles. The second-order valence-electron chi connectivity index (χ2n) is 3.44. The normalized spacial score (nSPS) is 23.4. The Morgan fingerprint density at radius 3 is 2.44 bits per heavy atom. The molecule has 1 fully saturated rings. The van der Waals surface area contributed by atoms with Crippen molar-refractivity contribution in [3.05, 3.63) is 0 Å². The van der Waals surface area contributed by atoms with Crippen LogP contribution in [0.4, 0.5) is 8.78 Å². The average molecular weight is 237 g/mol. The van der Waals surface area contributed by atoms with Crippen molar-refractivity contribution in [1.82, 2.24) is 4.90 Å². The molecule has 1 atom stereocenters. The van der Waals surface area contributed by atoms with Crippen molar-refractivity contribution >= 4 is 5.91 Å². The van der Waals surface area contributed by atoms with Gasteiger partial charge in [-0.05, 0) is 6.42 Å². The summed E-state index contributed by atoms with van der Waals surface area (Å²) in [5, 5.41) is 0. The van der Waals surface area contributed by atoms with Gasteiger partial charge >= 0.3 is 0 Å². The SMILES string of the molecule is CC.CCC(=O)N1CC[C@H](OC)C(F)(F)C1. The Morgan fingerprint density at radius 2 is 2.06 bits per heavy atom. The van der Waals surface area contributed by atoms with Gasteiger partial charge in [-0.1, -0.05) is 20.8 Å². The van der Waals surface area contributed by atoms with E-state index in [1.807, 2.05) is 13.8 Å². The van der Waals surface area contributed by atoms with Gasteiger partial charge in [-0.2, -0.15) is 0 Å². The van der Waals surface area contributed by atoms with E-state index in [-0.39, 0.29) is 18.7 Å². The molecule has 1 saturated heterocycles. The van der Waals surface area contributed by atoms with E-state index >= 15 is 0 Å². The number of carbonyl (C=O) groups is 1. The second-order valence-corrected chi connectivity index (χ2v) is 3.44. The van der Waals surface area contributed by atoms with Gasteiger partial charge in [-0.15, -0.1) is 0 Å². The Balaban J connectivity index is 0.00000106. The zero-order valence-electron chi connectivity index (χ0n) is 10.4. The molecule has 0 unspecified atom stereocenters. The molecule has 1 aliphatic rings. The maximum atomic E-state index is 13.3. The molecule has 96 valence electrons. The summed E-state index contributed by atoms with van der Waals surface area (Å²) in [7, 11) is 1.27. The lowest BCUT2D eigenvalue weighted by Gasteiger charge is -2.37. The van der Waals surface area contributed by atoms with Crippen LogP contribution in [0.5, 0.6) is 0 Å². The lowest BCUT2D eigenvalue weighted by Crippen LogP contribution is -2.53. The highest BCUT2D eigenvalue weighted by Crippen LogP contribution is 2.29. The summed E-state index contributed by atoms with van der Waals surface area (Å²) in [5.41, 5.74) is 0.